The maximum Gasteiger partial charge on any atom is 0.324 e. The number of carbonyl (C=O) groups excluding carboxylic acids is 2. The molecule has 0 spiro atoms. The van der Waals surface area contributed by atoms with Gasteiger partial charge in [-0.2, -0.15) is 0 Å². The van der Waals surface area contributed by atoms with Gasteiger partial charge >= 0.3 is 6.03 Å². The average molecular weight is 246 g/mol. The van der Waals surface area contributed by atoms with Crippen LogP contribution in [0, 0.1) is 0 Å². The van der Waals surface area contributed by atoms with Gasteiger partial charge in [0.1, 0.15) is 0 Å². The second-order valence-electron chi connectivity index (χ2n) is 4.56. The fourth-order valence-electron chi connectivity index (χ4n) is 2.12. The van der Waals surface area contributed by atoms with Crippen molar-refractivity contribution in [2.45, 2.75) is 25.7 Å². The summed E-state index contributed by atoms with van der Waals surface area (Å²) in [6.07, 6.45) is 3.47. The van der Waals surface area contributed by atoms with Gasteiger partial charge in [0.05, 0.1) is 6.42 Å². The Bertz CT molecular complexity index is 411. The molecule has 4 nitrogen and oxygen atoms in total. The molecule has 0 bridgehead atoms. The third-order valence-electron chi connectivity index (χ3n) is 3.10. The molecule has 1 saturated heterocycles. The van der Waals surface area contributed by atoms with Crippen molar-refractivity contribution in [1.82, 2.24) is 10.2 Å². The lowest BCUT2D eigenvalue weighted by Crippen LogP contribution is -2.45. The standard InChI is InChI=1S/C14H18N2O2/c17-13(11-12-7-3-1-4-8-12)15-14(18)16-9-5-2-6-10-16/h1,3-4,7-8H,2,5-6,9-11H2,(H,15,17,18). The number of urea groups is 1. The molecule has 2 rings (SSSR count). The molecule has 0 radical (unpaired) electrons. The zero-order valence-electron chi connectivity index (χ0n) is 10.4. The highest BCUT2D eigenvalue weighted by molar-refractivity contribution is 5.95. The number of carbonyl (C=O) groups is 2. The van der Waals surface area contributed by atoms with Crippen molar-refractivity contribution >= 4 is 11.9 Å². The van der Waals surface area contributed by atoms with Crippen LogP contribution in [-0.4, -0.2) is 29.9 Å². The molecule has 1 fully saturated rings. The molecule has 1 aromatic rings. The fraction of sp³-hybridized carbons (Fsp3) is 0.429. The summed E-state index contributed by atoms with van der Waals surface area (Å²) >= 11 is 0. The molecular weight excluding hydrogens is 228 g/mol. The topological polar surface area (TPSA) is 49.4 Å². The highest BCUT2D eigenvalue weighted by atomic mass is 16.2. The lowest BCUT2D eigenvalue weighted by atomic mass is 10.1. The summed E-state index contributed by atoms with van der Waals surface area (Å²) in [6.45, 7) is 1.51. The van der Waals surface area contributed by atoms with E-state index < -0.39 is 0 Å². The monoisotopic (exact) mass is 246 g/mol. The Morgan fingerprint density at radius 1 is 1.06 bits per heavy atom. The Morgan fingerprint density at radius 2 is 1.72 bits per heavy atom. The highest BCUT2D eigenvalue weighted by Gasteiger charge is 2.18. The van der Waals surface area contributed by atoms with Gasteiger partial charge in [-0.1, -0.05) is 30.3 Å². The van der Waals surface area contributed by atoms with E-state index >= 15 is 0 Å². The van der Waals surface area contributed by atoms with Crippen LogP contribution >= 0.6 is 0 Å². The number of likely N-dealkylation sites (tertiary alicyclic amines) is 1. The van der Waals surface area contributed by atoms with Crippen LogP contribution in [0.2, 0.25) is 0 Å². The van der Waals surface area contributed by atoms with Crippen molar-refractivity contribution in [2.24, 2.45) is 0 Å². The maximum atomic E-state index is 11.8. The number of hydrogen-bond acceptors (Lipinski definition) is 2. The summed E-state index contributed by atoms with van der Waals surface area (Å²) in [4.78, 5) is 25.2. The van der Waals surface area contributed by atoms with E-state index in [0.29, 0.717) is 0 Å². The molecule has 1 aliphatic rings. The summed E-state index contributed by atoms with van der Waals surface area (Å²) in [5, 5.41) is 2.45. The van der Waals surface area contributed by atoms with Crippen LogP contribution in [0.25, 0.3) is 0 Å². The normalized spacial score (nSPS) is 15.2. The number of nitrogens with zero attached hydrogens (tertiary/aromatic N) is 1. The van der Waals surface area contributed by atoms with E-state index in [-0.39, 0.29) is 18.4 Å². The molecule has 0 saturated carbocycles. The molecule has 1 aliphatic heterocycles. The van der Waals surface area contributed by atoms with E-state index in [1.54, 1.807) is 4.90 Å². The van der Waals surface area contributed by atoms with Crippen molar-refractivity contribution in [3.05, 3.63) is 35.9 Å². The van der Waals surface area contributed by atoms with E-state index in [2.05, 4.69) is 5.32 Å². The highest BCUT2D eigenvalue weighted by Crippen LogP contribution is 2.08. The zero-order chi connectivity index (χ0) is 12.8. The number of piperidine rings is 1. The SMILES string of the molecule is O=C(Cc1ccccc1)NC(=O)N1CCCCC1. The lowest BCUT2D eigenvalue weighted by molar-refractivity contribution is -0.119. The molecule has 1 aromatic carbocycles. The predicted octanol–water partition coefficient (Wildman–Crippen LogP) is 1.95. The molecule has 0 aliphatic carbocycles. The zero-order valence-corrected chi connectivity index (χ0v) is 10.4. The number of nitrogens with one attached hydrogen (secondary N) is 1. The first kappa shape index (κ1) is 12.6. The number of amides is 3. The third-order valence-corrected chi connectivity index (χ3v) is 3.10. The molecule has 0 aromatic heterocycles. The molecule has 18 heavy (non-hydrogen) atoms. The molecule has 4 heteroatoms. The van der Waals surface area contributed by atoms with E-state index in [1.165, 1.54) is 6.42 Å². The minimum atomic E-state index is -0.254. The quantitative estimate of drug-likeness (QED) is 0.867. The van der Waals surface area contributed by atoms with Gasteiger partial charge in [-0.25, -0.2) is 4.79 Å². The average Bonchev–Trinajstić information content (AvgIpc) is 2.40. The van der Waals surface area contributed by atoms with Gasteiger partial charge in [-0.05, 0) is 24.8 Å². The van der Waals surface area contributed by atoms with Gasteiger partial charge in [0.25, 0.3) is 0 Å². The van der Waals surface area contributed by atoms with Crippen LogP contribution in [-0.2, 0) is 11.2 Å². The van der Waals surface area contributed by atoms with Gasteiger partial charge in [-0.3, -0.25) is 10.1 Å². The Hall–Kier alpha value is -1.84. The predicted molar refractivity (Wildman–Crippen MR) is 69.1 cm³/mol. The van der Waals surface area contributed by atoms with Crippen molar-refractivity contribution in [2.75, 3.05) is 13.1 Å². The largest absolute Gasteiger partial charge is 0.324 e. The number of imide groups is 1. The molecule has 1 heterocycles. The van der Waals surface area contributed by atoms with Gasteiger partial charge in [0.15, 0.2) is 0 Å². The Labute approximate surface area is 107 Å². The summed E-state index contributed by atoms with van der Waals surface area (Å²) in [7, 11) is 0. The van der Waals surface area contributed by atoms with E-state index in [4.69, 9.17) is 0 Å². The minimum absolute atomic E-state index is 0.239. The van der Waals surface area contributed by atoms with Gasteiger partial charge in [0.2, 0.25) is 5.91 Å². The smallest absolute Gasteiger partial charge is 0.324 e. The lowest BCUT2D eigenvalue weighted by Gasteiger charge is -2.26. The summed E-state index contributed by atoms with van der Waals surface area (Å²) in [5.74, 6) is -0.239. The van der Waals surface area contributed by atoms with Gasteiger partial charge in [0, 0.05) is 13.1 Å². The number of hydrogen-bond donors (Lipinski definition) is 1. The van der Waals surface area contributed by atoms with Crippen LogP contribution < -0.4 is 5.32 Å². The Morgan fingerprint density at radius 3 is 2.39 bits per heavy atom. The second-order valence-corrected chi connectivity index (χ2v) is 4.56. The van der Waals surface area contributed by atoms with Crippen LogP contribution in [0.4, 0.5) is 4.79 Å². The fourth-order valence-corrected chi connectivity index (χ4v) is 2.12. The maximum absolute atomic E-state index is 11.8. The van der Waals surface area contributed by atoms with E-state index in [0.717, 1.165) is 31.5 Å². The molecule has 96 valence electrons. The van der Waals surface area contributed by atoms with Crippen molar-refractivity contribution in [3.8, 4) is 0 Å². The van der Waals surface area contributed by atoms with Crippen molar-refractivity contribution in [3.63, 3.8) is 0 Å². The minimum Gasteiger partial charge on any atom is -0.324 e. The first-order valence-electron chi connectivity index (χ1n) is 6.38. The number of benzene rings is 1. The van der Waals surface area contributed by atoms with Crippen LogP contribution in [0.3, 0.4) is 0 Å². The van der Waals surface area contributed by atoms with Gasteiger partial charge < -0.3 is 4.90 Å². The van der Waals surface area contributed by atoms with Crippen LogP contribution in [0.15, 0.2) is 30.3 Å². The van der Waals surface area contributed by atoms with Crippen LogP contribution in [0.5, 0.6) is 0 Å². The van der Waals surface area contributed by atoms with E-state index in [1.807, 2.05) is 30.3 Å². The van der Waals surface area contributed by atoms with Gasteiger partial charge in [-0.15, -0.1) is 0 Å². The van der Waals surface area contributed by atoms with E-state index in [9.17, 15) is 9.59 Å². The Balaban J connectivity index is 1.82. The van der Waals surface area contributed by atoms with Crippen LogP contribution in [0.1, 0.15) is 24.8 Å². The summed E-state index contributed by atoms with van der Waals surface area (Å²) in [5.41, 5.74) is 0.918. The summed E-state index contributed by atoms with van der Waals surface area (Å²) in [6, 6.07) is 9.18. The molecule has 1 N–H and O–H groups in total. The number of rotatable bonds is 2. The van der Waals surface area contributed by atoms with Crippen molar-refractivity contribution < 1.29 is 9.59 Å². The summed E-state index contributed by atoms with van der Waals surface area (Å²) < 4.78 is 0. The molecule has 0 unspecified atom stereocenters. The second kappa shape index (κ2) is 6.19. The third kappa shape index (κ3) is 3.58. The van der Waals surface area contributed by atoms with Crippen molar-refractivity contribution in [1.29, 1.82) is 0 Å². The first-order chi connectivity index (χ1) is 8.75. The molecular formula is C14H18N2O2. The molecule has 3 amide bonds. The molecule has 0 atom stereocenters. The first-order valence-corrected chi connectivity index (χ1v) is 6.38. The Kier molecular flexibility index (Phi) is 4.34.